The van der Waals surface area contributed by atoms with Gasteiger partial charge in [-0.15, -0.1) is 11.8 Å². The molecule has 0 unspecified atom stereocenters. The summed E-state index contributed by atoms with van der Waals surface area (Å²) in [6, 6.07) is 6.12. The van der Waals surface area contributed by atoms with Crippen LogP contribution < -0.4 is 9.84 Å². The summed E-state index contributed by atoms with van der Waals surface area (Å²) in [6.07, 6.45) is 1.51. The minimum absolute atomic E-state index is 0.103. The van der Waals surface area contributed by atoms with Gasteiger partial charge < -0.3 is 19.2 Å². The highest BCUT2D eigenvalue weighted by Gasteiger charge is 2.34. The maximum atomic E-state index is 12.2. The van der Waals surface area contributed by atoms with Crippen molar-refractivity contribution in [3.8, 4) is 11.5 Å². The molecule has 0 aliphatic carbocycles. The summed E-state index contributed by atoms with van der Waals surface area (Å²) in [5.74, 6) is -0.136. The van der Waals surface area contributed by atoms with Gasteiger partial charge in [0.25, 0.3) is 5.69 Å². The summed E-state index contributed by atoms with van der Waals surface area (Å²) in [5, 5.41) is 22.6. The van der Waals surface area contributed by atoms with Gasteiger partial charge in [0, 0.05) is 11.8 Å². The highest BCUT2D eigenvalue weighted by Crippen LogP contribution is 2.44. The average Bonchev–Trinajstić information content (AvgIpc) is 3.19. The molecule has 8 nitrogen and oxygen atoms in total. The van der Waals surface area contributed by atoms with E-state index in [2.05, 4.69) is 0 Å². The van der Waals surface area contributed by atoms with Crippen molar-refractivity contribution in [2.45, 2.75) is 11.9 Å². The number of amides is 1. The Morgan fingerprint density at radius 3 is 2.92 bits per heavy atom. The van der Waals surface area contributed by atoms with Crippen molar-refractivity contribution in [2.24, 2.45) is 0 Å². The summed E-state index contributed by atoms with van der Waals surface area (Å²) < 4.78 is 10.2. The number of hydrogen-bond acceptors (Lipinski definition) is 7. The lowest BCUT2D eigenvalue weighted by molar-refractivity contribution is -0.398. The van der Waals surface area contributed by atoms with Crippen LogP contribution in [0.3, 0.4) is 0 Å². The number of furan rings is 1. The van der Waals surface area contributed by atoms with Crippen molar-refractivity contribution in [1.29, 1.82) is 0 Å². The molecule has 1 aliphatic heterocycles. The minimum atomic E-state index is -0.779. The summed E-state index contributed by atoms with van der Waals surface area (Å²) in [6.45, 7) is 0.249. The van der Waals surface area contributed by atoms with Crippen LogP contribution in [0.4, 0.5) is 5.69 Å². The first kappa shape index (κ1) is 16.2. The Hall–Kier alpha value is -2.68. The lowest BCUT2D eigenvalue weighted by Crippen LogP contribution is -2.27. The van der Waals surface area contributed by atoms with Crippen molar-refractivity contribution >= 4 is 23.4 Å². The Labute approximate surface area is 141 Å². The van der Waals surface area contributed by atoms with Gasteiger partial charge in [-0.2, -0.15) is 0 Å². The van der Waals surface area contributed by atoms with Gasteiger partial charge >= 0.3 is 0 Å². The van der Waals surface area contributed by atoms with Gasteiger partial charge in [0.05, 0.1) is 30.6 Å². The molecule has 1 aromatic heterocycles. The van der Waals surface area contributed by atoms with Crippen LogP contribution >= 0.6 is 11.8 Å². The van der Waals surface area contributed by atoms with Crippen LogP contribution in [-0.2, 0) is 11.3 Å². The van der Waals surface area contributed by atoms with Gasteiger partial charge in [-0.05, 0) is 23.8 Å². The number of methoxy groups -OCH3 is 1. The first-order chi connectivity index (χ1) is 11.5. The lowest BCUT2D eigenvalue weighted by Gasteiger charge is -2.24. The summed E-state index contributed by atoms with van der Waals surface area (Å²) in [7, 11) is 1.28. The molecular formula is C15H13N2O6S-. The number of carbonyl (C=O) groups excluding carboxylic acids is 1. The molecule has 1 aliphatic rings. The van der Waals surface area contributed by atoms with Gasteiger partial charge in [-0.3, -0.25) is 14.9 Å². The van der Waals surface area contributed by atoms with Gasteiger partial charge in [-0.25, -0.2) is 0 Å². The Kier molecular flexibility index (Phi) is 4.34. The molecular weight excluding hydrogens is 336 g/mol. The number of benzene rings is 1. The molecule has 1 saturated heterocycles. The molecule has 24 heavy (non-hydrogen) atoms. The van der Waals surface area contributed by atoms with E-state index in [0.29, 0.717) is 11.3 Å². The van der Waals surface area contributed by atoms with Gasteiger partial charge in [-0.1, -0.05) is 0 Å². The first-order valence-electron chi connectivity index (χ1n) is 6.98. The second-order valence-corrected chi connectivity index (χ2v) is 6.16. The number of nitro benzene ring substituents is 1. The topological polar surface area (TPSA) is 109 Å². The zero-order valence-corrected chi connectivity index (χ0v) is 13.4. The van der Waals surface area contributed by atoms with E-state index in [1.165, 1.54) is 37.3 Å². The van der Waals surface area contributed by atoms with Crippen LogP contribution in [0.1, 0.15) is 16.7 Å². The molecule has 0 radical (unpaired) electrons. The zero-order valence-electron chi connectivity index (χ0n) is 12.6. The predicted molar refractivity (Wildman–Crippen MR) is 83.6 cm³/mol. The van der Waals surface area contributed by atoms with Crippen LogP contribution in [0, 0.1) is 10.1 Å². The normalized spacial score (nSPS) is 17.3. The van der Waals surface area contributed by atoms with Crippen molar-refractivity contribution in [2.75, 3.05) is 12.9 Å². The van der Waals surface area contributed by atoms with E-state index < -0.39 is 21.7 Å². The Bertz CT molecular complexity index is 777. The van der Waals surface area contributed by atoms with E-state index in [9.17, 15) is 20.0 Å². The van der Waals surface area contributed by atoms with Crippen LogP contribution in [0.5, 0.6) is 11.5 Å². The Morgan fingerprint density at radius 2 is 2.29 bits per heavy atom. The van der Waals surface area contributed by atoms with Crippen molar-refractivity contribution < 1.29 is 24.0 Å². The summed E-state index contributed by atoms with van der Waals surface area (Å²) >= 11 is 1.33. The fourth-order valence-corrected chi connectivity index (χ4v) is 3.68. The van der Waals surface area contributed by atoms with Crippen molar-refractivity contribution in [3.05, 3.63) is 52.0 Å². The van der Waals surface area contributed by atoms with E-state index in [0.717, 1.165) is 0 Å². The third-order valence-electron chi connectivity index (χ3n) is 3.63. The highest BCUT2D eigenvalue weighted by atomic mass is 32.2. The molecule has 0 N–H and O–H groups in total. The number of rotatable bonds is 5. The molecule has 1 fully saturated rings. The van der Waals surface area contributed by atoms with E-state index in [1.807, 2.05) is 0 Å². The third-order valence-corrected chi connectivity index (χ3v) is 4.89. The second kappa shape index (κ2) is 6.44. The second-order valence-electron chi connectivity index (χ2n) is 5.09. The average molecular weight is 349 g/mol. The van der Waals surface area contributed by atoms with Crippen LogP contribution in [0.25, 0.3) is 0 Å². The number of carbonyl (C=O) groups is 1. The maximum absolute atomic E-state index is 12.2. The molecule has 0 spiro atoms. The molecule has 1 atom stereocenters. The maximum Gasteiger partial charge on any atom is 0.265 e. The minimum Gasteiger partial charge on any atom is -0.865 e. The Morgan fingerprint density at radius 1 is 1.50 bits per heavy atom. The SMILES string of the molecule is COc1cc([C@H]2SCC(=O)N2Cc2ccco2)cc([N+](=O)[O-])c1[O-]. The smallest absolute Gasteiger partial charge is 0.265 e. The standard InChI is InChI=1S/C15H14N2O6S/c1-22-12-6-9(5-11(14(12)19)17(20)21)15-16(13(18)8-24-15)7-10-3-2-4-23-10/h2-6,15,19H,7-8H2,1H3/p-1/t15-/m1/s1. The molecule has 2 heterocycles. The molecule has 1 aromatic carbocycles. The van der Waals surface area contributed by atoms with Crippen LogP contribution in [0.2, 0.25) is 0 Å². The van der Waals surface area contributed by atoms with Crippen LogP contribution in [0.15, 0.2) is 34.9 Å². The van der Waals surface area contributed by atoms with E-state index in [4.69, 9.17) is 9.15 Å². The molecule has 3 rings (SSSR count). The van der Waals surface area contributed by atoms with E-state index >= 15 is 0 Å². The monoisotopic (exact) mass is 349 g/mol. The van der Waals surface area contributed by atoms with E-state index in [-0.39, 0.29) is 24.0 Å². The summed E-state index contributed by atoms with van der Waals surface area (Å²) in [4.78, 5) is 24.1. The van der Waals surface area contributed by atoms with Crippen LogP contribution in [-0.4, -0.2) is 28.6 Å². The third kappa shape index (κ3) is 2.90. The van der Waals surface area contributed by atoms with E-state index in [1.54, 1.807) is 17.0 Å². The fraction of sp³-hybridized carbons (Fsp3) is 0.267. The van der Waals surface area contributed by atoms with Gasteiger partial charge in [0.1, 0.15) is 16.9 Å². The molecule has 0 bridgehead atoms. The number of thioether (sulfide) groups is 1. The molecule has 2 aromatic rings. The zero-order chi connectivity index (χ0) is 17.3. The van der Waals surface area contributed by atoms with Gasteiger partial charge in [0.15, 0.2) is 0 Å². The molecule has 0 saturated carbocycles. The summed E-state index contributed by atoms with van der Waals surface area (Å²) in [5.41, 5.74) is -0.0946. The first-order valence-corrected chi connectivity index (χ1v) is 8.03. The fourth-order valence-electron chi connectivity index (χ4n) is 2.51. The van der Waals surface area contributed by atoms with Crippen molar-refractivity contribution in [1.82, 2.24) is 4.90 Å². The van der Waals surface area contributed by atoms with Gasteiger partial charge in [0.2, 0.25) is 5.91 Å². The number of ether oxygens (including phenoxy) is 1. The molecule has 9 heteroatoms. The predicted octanol–water partition coefficient (Wildman–Crippen LogP) is 2.04. The number of nitrogens with zero attached hydrogens (tertiary/aromatic N) is 2. The molecule has 1 amide bonds. The number of nitro groups is 1. The van der Waals surface area contributed by atoms with Crippen molar-refractivity contribution in [3.63, 3.8) is 0 Å². The molecule has 126 valence electrons. The lowest BCUT2D eigenvalue weighted by atomic mass is 10.1. The Balaban J connectivity index is 1.98. The highest BCUT2D eigenvalue weighted by molar-refractivity contribution is 8.00. The number of hydrogen-bond donors (Lipinski definition) is 0. The largest absolute Gasteiger partial charge is 0.865 e. The quantitative estimate of drug-likeness (QED) is 0.600.